The number of benzene rings is 1. The Hall–Kier alpha value is -0.350. The fourth-order valence-corrected chi connectivity index (χ4v) is 3.63. The molecule has 0 bridgehead atoms. The van der Waals surface area contributed by atoms with E-state index in [9.17, 15) is 0 Å². The summed E-state index contributed by atoms with van der Waals surface area (Å²) < 4.78 is 1.14. The van der Waals surface area contributed by atoms with Gasteiger partial charge in [-0.25, -0.2) is 0 Å². The monoisotopic (exact) mass is 329 g/mol. The van der Waals surface area contributed by atoms with Gasteiger partial charge in [0.1, 0.15) is 0 Å². The maximum absolute atomic E-state index is 6.08. The van der Waals surface area contributed by atoms with E-state index in [-0.39, 0.29) is 6.04 Å². The highest BCUT2D eigenvalue weighted by Crippen LogP contribution is 2.33. The third-order valence-electron chi connectivity index (χ3n) is 2.79. The maximum atomic E-state index is 6.08. The van der Waals surface area contributed by atoms with Gasteiger partial charge in [0.05, 0.1) is 6.04 Å². The summed E-state index contributed by atoms with van der Waals surface area (Å²) in [4.78, 5) is 0. The molecule has 1 N–H and O–H groups in total. The quantitative estimate of drug-likeness (QED) is 0.854. The van der Waals surface area contributed by atoms with Gasteiger partial charge >= 0.3 is 0 Å². The summed E-state index contributed by atoms with van der Waals surface area (Å²) in [5, 5.41) is 8.38. The van der Waals surface area contributed by atoms with E-state index in [1.165, 1.54) is 16.7 Å². The fourth-order valence-electron chi connectivity index (χ4n) is 1.90. The molecule has 90 valence electrons. The van der Waals surface area contributed by atoms with Crippen molar-refractivity contribution >= 4 is 38.9 Å². The average Bonchev–Trinajstić information content (AvgIpc) is 2.71. The predicted molar refractivity (Wildman–Crippen MR) is 79.1 cm³/mol. The molecule has 0 aliphatic heterocycles. The number of hydrogen-bond donors (Lipinski definition) is 1. The van der Waals surface area contributed by atoms with Gasteiger partial charge in [-0.15, -0.1) is 0 Å². The number of rotatable bonds is 3. The minimum Gasteiger partial charge on any atom is -0.309 e. The Morgan fingerprint density at radius 3 is 2.65 bits per heavy atom. The van der Waals surface area contributed by atoms with E-state index in [0.29, 0.717) is 0 Å². The van der Waals surface area contributed by atoms with E-state index in [2.05, 4.69) is 45.0 Å². The topological polar surface area (TPSA) is 12.0 Å². The molecule has 17 heavy (non-hydrogen) atoms. The highest BCUT2D eigenvalue weighted by atomic mass is 79.9. The lowest BCUT2D eigenvalue weighted by molar-refractivity contribution is 0.687. The smallest absolute Gasteiger partial charge is 0.0596 e. The van der Waals surface area contributed by atoms with Crippen molar-refractivity contribution in [3.63, 3.8) is 0 Å². The van der Waals surface area contributed by atoms with Crippen LogP contribution < -0.4 is 5.32 Å². The van der Waals surface area contributed by atoms with E-state index >= 15 is 0 Å². The van der Waals surface area contributed by atoms with Gasteiger partial charge in [-0.2, -0.15) is 11.3 Å². The summed E-state index contributed by atoms with van der Waals surface area (Å²) in [6, 6.07) is 6.19. The standard InChI is InChI=1S/C13H13BrClNS/c1-8-3-4-9(15)5-10(8)13(16-2)11-6-17-7-12(11)14/h3-7,13,16H,1-2H3. The molecule has 1 aromatic carbocycles. The zero-order valence-electron chi connectivity index (χ0n) is 9.63. The van der Waals surface area contributed by atoms with Crippen molar-refractivity contribution in [1.82, 2.24) is 5.32 Å². The van der Waals surface area contributed by atoms with Crippen molar-refractivity contribution in [2.75, 3.05) is 7.05 Å². The molecule has 1 atom stereocenters. The first kappa shape index (κ1) is 13.1. The largest absolute Gasteiger partial charge is 0.309 e. The summed E-state index contributed by atoms with van der Waals surface area (Å²) in [6.45, 7) is 2.11. The summed E-state index contributed by atoms with van der Waals surface area (Å²) in [6.07, 6.45) is 0. The normalized spacial score (nSPS) is 12.7. The Kier molecular flexibility index (Phi) is 4.26. The molecule has 0 radical (unpaired) electrons. The molecule has 0 amide bonds. The van der Waals surface area contributed by atoms with Crippen LogP contribution in [0, 0.1) is 6.92 Å². The molecule has 1 nitrogen and oxygen atoms in total. The number of nitrogens with one attached hydrogen (secondary N) is 1. The van der Waals surface area contributed by atoms with Gasteiger partial charge in [0.25, 0.3) is 0 Å². The van der Waals surface area contributed by atoms with Crippen LogP contribution in [-0.2, 0) is 0 Å². The van der Waals surface area contributed by atoms with Crippen LogP contribution in [0.5, 0.6) is 0 Å². The van der Waals surface area contributed by atoms with Crippen LogP contribution >= 0.6 is 38.9 Å². The van der Waals surface area contributed by atoms with Crippen LogP contribution in [0.15, 0.2) is 33.4 Å². The maximum Gasteiger partial charge on any atom is 0.0596 e. The summed E-state index contributed by atoms with van der Waals surface area (Å²) in [5.41, 5.74) is 3.72. The van der Waals surface area contributed by atoms with E-state index in [1.54, 1.807) is 11.3 Å². The molecule has 0 spiro atoms. The van der Waals surface area contributed by atoms with Crippen molar-refractivity contribution in [3.8, 4) is 0 Å². The third kappa shape index (κ3) is 2.74. The molecule has 0 saturated heterocycles. The Balaban J connectivity index is 2.49. The lowest BCUT2D eigenvalue weighted by atomic mass is 9.97. The molecule has 0 aliphatic carbocycles. The van der Waals surface area contributed by atoms with Crippen LogP contribution in [0.1, 0.15) is 22.7 Å². The summed E-state index contributed by atoms with van der Waals surface area (Å²) >= 11 is 11.4. The molecule has 4 heteroatoms. The second-order valence-corrected chi connectivity index (χ2v) is 5.93. The third-order valence-corrected chi connectivity index (χ3v) is 4.78. The molecule has 2 rings (SSSR count). The van der Waals surface area contributed by atoms with Gasteiger partial charge < -0.3 is 5.32 Å². The molecule has 1 heterocycles. The Bertz CT molecular complexity index is 524. The van der Waals surface area contributed by atoms with Crippen molar-refractivity contribution in [2.24, 2.45) is 0 Å². The first-order valence-electron chi connectivity index (χ1n) is 5.28. The van der Waals surface area contributed by atoms with Gasteiger partial charge in [-0.1, -0.05) is 17.7 Å². The first-order chi connectivity index (χ1) is 8.13. The average molecular weight is 331 g/mol. The van der Waals surface area contributed by atoms with E-state index in [4.69, 9.17) is 11.6 Å². The van der Waals surface area contributed by atoms with Gasteiger partial charge in [-0.3, -0.25) is 0 Å². The Morgan fingerprint density at radius 1 is 1.29 bits per heavy atom. The molecule has 0 aliphatic rings. The lowest BCUT2D eigenvalue weighted by Crippen LogP contribution is -2.18. The van der Waals surface area contributed by atoms with Crippen LogP contribution in [0.4, 0.5) is 0 Å². The zero-order chi connectivity index (χ0) is 12.4. The molecular formula is C13H13BrClNS. The van der Waals surface area contributed by atoms with Gasteiger partial charge in [0, 0.05) is 14.9 Å². The van der Waals surface area contributed by atoms with E-state index in [1.807, 2.05) is 19.2 Å². The number of halogens is 2. The van der Waals surface area contributed by atoms with Crippen molar-refractivity contribution in [3.05, 3.63) is 55.1 Å². The lowest BCUT2D eigenvalue weighted by Gasteiger charge is -2.19. The Morgan fingerprint density at radius 2 is 2.06 bits per heavy atom. The number of hydrogen-bond acceptors (Lipinski definition) is 2. The molecular weight excluding hydrogens is 318 g/mol. The van der Waals surface area contributed by atoms with Crippen molar-refractivity contribution in [2.45, 2.75) is 13.0 Å². The van der Waals surface area contributed by atoms with Crippen LogP contribution in [-0.4, -0.2) is 7.05 Å². The van der Waals surface area contributed by atoms with Gasteiger partial charge in [0.2, 0.25) is 0 Å². The summed E-state index contributed by atoms with van der Waals surface area (Å²) in [5.74, 6) is 0. The number of aryl methyl sites for hydroxylation is 1. The van der Waals surface area contributed by atoms with E-state index in [0.717, 1.165) is 9.50 Å². The zero-order valence-corrected chi connectivity index (χ0v) is 12.8. The molecule has 2 aromatic rings. The predicted octanol–water partition coefficient (Wildman–Crippen LogP) is 4.78. The van der Waals surface area contributed by atoms with Crippen LogP contribution in [0.3, 0.4) is 0 Å². The molecule has 1 unspecified atom stereocenters. The highest BCUT2D eigenvalue weighted by molar-refractivity contribution is 9.10. The molecule has 0 saturated carbocycles. The minimum atomic E-state index is 0.175. The first-order valence-corrected chi connectivity index (χ1v) is 7.39. The minimum absolute atomic E-state index is 0.175. The Labute approximate surface area is 119 Å². The van der Waals surface area contributed by atoms with Crippen molar-refractivity contribution in [1.29, 1.82) is 0 Å². The van der Waals surface area contributed by atoms with Gasteiger partial charge in [-0.05, 0) is 64.1 Å². The number of thiophene rings is 1. The SMILES string of the molecule is CNC(c1cc(Cl)ccc1C)c1cscc1Br. The van der Waals surface area contributed by atoms with Crippen molar-refractivity contribution < 1.29 is 0 Å². The van der Waals surface area contributed by atoms with E-state index < -0.39 is 0 Å². The fraction of sp³-hybridized carbons (Fsp3) is 0.231. The summed E-state index contributed by atoms with van der Waals surface area (Å²) in [7, 11) is 1.97. The highest BCUT2D eigenvalue weighted by Gasteiger charge is 2.17. The second kappa shape index (κ2) is 5.53. The molecule has 1 aromatic heterocycles. The van der Waals surface area contributed by atoms with Gasteiger partial charge in [0.15, 0.2) is 0 Å². The van der Waals surface area contributed by atoms with Crippen LogP contribution in [0.25, 0.3) is 0 Å². The van der Waals surface area contributed by atoms with Crippen LogP contribution in [0.2, 0.25) is 5.02 Å². The second-order valence-electron chi connectivity index (χ2n) is 3.90. The molecule has 0 fully saturated rings.